The van der Waals surface area contributed by atoms with Crippen molar-refractivity contribution < 1.29 is 0 Å². The monoisotopic (exact) mass is 235 g/mol. The molecule has 0 aromatic heterocycles. The highest BCUT2D eigenvalue weighted by atomic mass is 15.2. The van der Waals surface area contributed by atoms with Gasteiger partial charge < -0.3 is 5.32 Å². The normalized spacial score (nSPS) is 32.9. The molecule has 3 nitrogen and oxygen atoms in total. The molecule has 17 heavy (non-hydrogen) atoms. The third-order valence-electron chi connectivity index (χ3n) is 4.37. The Morgan fingerprint density at radius 1 is 1.24 bits per heavy atom. The number of hydrogen-bond donors (Lipinski definition) is 1. The second-order valence-electron chi connectivity index (χ2n) is 5.60. The van der Waals surface area contributed by atoms with Crippen LogP contribution in [0.1, 0.15) is 51.9 Å². The molecule has 1 aliphatic heterocycles. The van der Waals surface area contributed by atoms with E-state index in [1.807, 2.05) is 0 Å². The number of nitrogens with zero attached hydrogens (tertiary/aromatic N) is 2. The number of hydrogen-bond acceptors (Lipinski definition) is 3. The van der Waals surface area contributed by atoms with Crippen LogP contribution in [0.25, 0.3) is 0 Å². The van der Waals surface area contributed by atoms with Gasteiger partial charge in [0.25, 0.3) is 0 Å². The molecule has 1 saturated carbocycles. The van der Waals surface area contributed by atoms with E-state index in [1.54, 1.807) is 0 Å². The quantitative estimate of drug-likeness (QED) is 0.798. The highest BCUT2D eigenvalue weighted by Gasteiger charge is 2.32. The van der Waals surface area contributed by atoms with Crippen LogP contribution in [0.15, 0.2) is 0 Å². The third-order valence-corrected chi connectivity index (χ3v) is 4.37. The minimum absolute atomic E-state index is 0.431. The smallest absolute Gasteiger partial charge is 0.0638 e. The number of nitriles is 1. The molecule has 2 atom stereocenters. The van der Waals surface area contributed by atoms with Gasteiger partial charge >= 0.3 is 0 Å². The van der Waals surface area contributed by atoms with Gasteiger partial charge in [-0.25, -0.2) is 0 Å². The van der Waals surface area contributed by atoms with E-state index < -0.39 is 0 Å². The summed E-state index contributed by atoms with van der Waals surface area (Å²) in [6.45, 7) is 4.44. The molecule has 1 N–H and O–H groups in total. The summed E-state index contributed by atoms with van der Waals surface area (Å²) in [6.07, 6.45) is 8.73. The largest absolute Gasteiger partial charge is 0.315 e. The van der Waals surface area contributed by atoms with Crippen LogP contribution in [0, 0.1) is 11.3 Å². The fraction of sp³-hybridized carbons (Fsp3) is 0.929. The van der Waals surface area contributed by atoms with Gasteiger partial charge in [0.2, 0.25) is 0 Å². The molecule has 0 aromatic carbocycles. The fourth-order valence-corrected chi connectivity index (χ4v) is 3.51. The summed E-state index contributed by atoms with van der Waals surface area (Å²) in [5.74, 6) is 0. The minimum Gasteiger partial charge on any atom is -0.315 e. The Balaban J connectivity index is 2.07. The van der Waals surface area contributed by atoms with E-state index in [1.165, 1.54) is 38.5 Å². The summed E-state index contributed by atoms with van der Waals surface area (Å²) < 4.78 is 0. The van der Waals surface area contributed by atoms with E-state index in [-0.39, 0.29) is 0 Å². The van der Waals surface area contributed by atoms with Crippen molar-refractivity contribution in [1.29, 1.82) is 5.26 Å². The third kappa shape index (κ3) is 3.20. The summed E-state index contributed by atoms with van der Waals surface area (Å²) in [4.78, 5) is 2.67. The molecule has 0 bridgehead atoms. The van der Waals surface area contributed by atoms with E-state index in [0.717, 1.165) is 19.1 Å². The maximum Gasteiger partial charge on any atom is 0.0638 e. The molecule has 0 spiro atoms. The standard InChI is InChI=1S/C14H25N3/c1-12-8-10-16-11-14(7-9-15)17(12)13-5-3-2-4-6-13/h12-14,16H,2-8,10-11H2,1H3. The van der Waals surface area contributed by atoms with Crippen LogP contribution in [-0.4, -0.2) is 36.1 Å². The summed E-state index contributed by atoms with van der Waals surface area (Å²) >= 11 is 0. The van der Waals surface area contributed by atoms with Gasteiger partial charge in [-0.3, -0.25) is 4.90 Å². The number of rotatable bonds is 2. The Morgan fingerprint density at radius 3 is 2.71 bits per heavy atom. The van der Waals surface area contributed by atoms with Crippen LogP contribution < -0.4 is 5.32 Å². The van der Waals surface area contributed by atoms with Crippen molar-refractivity contribution in [2.24, 2.45) is 0 Å². The van der Waals surface area contributed by atoms with Gasteiger partial charge in [0, 0.05) is 24.7 Å². The highest BCUT2D eigenvalue weighted by molar-refractivity contribution is 4.93. The zero-order valence-electron chi connectivity index (χ0n) is 11.0. The first-order valence-corrected chi connectivity index (χ1v) is 7.18. The van der Waals surface area contributed by atoms with Crippen molar-refractivity contribution in [3.63, 3.8) is 0 Å². The predicted molar refractivity (Wildman–Crippen MR) is 69.7 cm³/mol. The van der Waals surface area contributed by atoms with Crippen molar-refractivity contribution in [3.05, 3.63) is 0 Å². The summed E-state index contributed by atoms with van der Waals surface area (Å²) in [5.41, 5.74) is 0. The first-order chi connectivity index (χ1) is 8.33. The Bertz CT molecular complexity index is 265. The summed E-state index contributed by atoms with van der Waals surface area (Å²) in [7, 11) is 0. The van der Waals surface area contributed by atoms with E-state index in [4.69, 9.17) is 5.26 Å². The molecular formula is C14H25N3. The van der Waals surface area contributed by atoms with Gasteiger partial charge in [0.15, 0.2) is 0 Å². The molecule has 0 radical (unpaired) electrons. The number of nitrogens with one attached hydrogen (secondary N) is 1. The van der Waals surface area contributed by atoms with E-state index in [2.05, 4.69) is 23.2 Å². The minimum atomic E-state index is 0.431. The van der Waals surface area contributed by atoms with Crippen molar-refractivity contribution in [2.45, 2.75) is 70.0 Å². The SMILES string of the molecule is CC1CCNCC(CC#N)N1C1CCCCC1. The Kier molecular flexibility index (Phi) is 4.82. The van der Waals surface area contributed by atoms with Crippen LogP contribution in [0.3, 0.4) is 0 Å². The van der Waals surface area contributed by atoms with Crippen molar-refractivity contribution >= 4 is 0 Å². The second-order valence-corrected chi connectivity index (χ2v) is 5.60. The lowest BCUT2D eigenvalue weighted by atomic mass is 9.91. The zero-order chi connectivity index (χ0) is 12.1. The molecule has 2 fully saturated rings. The molecule has 0 amide bonds. The van der Waals surface area contributed by atoms with E-state index in [0.29, 0.717) is 18.5 Å². The second kappa shape index (κ2) is 6.37. The van der Waals surface area contributed by atoms with Crippen LogP contribution >= 0.6 is 0 Å². The molecule has 2 rings (SSSR count). The molecule has 96 valence electrons. The lowest BCUT2D eigenvalue weighted by molar-refractivity contribution is 0.0727. The van der Waals surface area contributed by atoms with Crippen LogP contribution in [0.2, 0.25) is 0 Å². The van der Waals surface area contributed by atoms with Crippen molar-refractivity contribution in [3.8, 4) is 6.07 Å². The van der Waals surface area contributed by atoms with Crippen LogP contribution in [0.4, 0.5) is 0 Å². The molecule has 2 aliphatic rings. The first kappa shape index (κ1) is 12.9. The molecule has 0 aromatic rings. The maximum atomic E-state index is 9.01. The van der Waals surface area contributed by atoms with Crippen molar-refractivity contribution in [2.75, 3.05) is 13.1 Å². The Morgan fingerprint density at radius 2 is 2.00 bits per heavy atom. The zero-order valence-corrected chi connectivity index (χ0v) is 11.0. The van der Waals surface area contributed by atoms with Crippen molar-refractivity contribution in [1.82, 2.24) is 10.2 Å². The Hall–Kier alpha value is -0.590. The molecule has 3 heteroatoms. The van der Waals surface area contributed by atoms with Gasteiger partial charge in [-0.05, 0) is 32.7 Å². The van der Waals surface area contributed by atoms with Crippen LogP contribution in [-0.2, 0) is 0 Å². The Labute approximate surface area is 105 Å². The molecule has 1 heterocycles. The molecule has 1 saturated heterocycles. The summed E-state index contributed by atoms with van der Waals surface area (Å²) in [6, 6.07) is 4.17. The highest BCUT2D eigenvalue weighted by Crippen LogP contribution is 2.28. The maximum absolute atomic E-state index is 9.01. The first-order valence-electron chi connectivity index (χ1n) is 7.18. The lowest BCUT2D eigenvalue weighted by Gasteiger charge is -2.41. The van der Waals surface area contributed by atoms with Gasteiger partial charge in [-0.2, -0.15) is 5.26 Å². The molecular weight excluding hydrogens is 210 g/mol. The van der Waals surface area contributed by atoms with Gasteiger partial charge in [0.05, 0.1) is 12.5 Å². The topological polar surface area (TPSA) is 39.1 Å². The average molecular weight is 235 g/mol. The van der Waals surface area contributed by atoms with Gasteiger partial charge in [-0.1, -0.05) is 19.3 Å². The van der Waals surface area contributed by atoms with E-state index >= 15 is 0 Å². The molecule has 1 aliphatic carbocycles. The predicted octanol–water partition coefficient (Wildman–Crippen LogP) is 2.29. The molecule has 2 unspecified atom stereocenters. The average Bonchev–Trinajstić information content (AvgIpc) is 2.53. The fourth-order valence-electron chi connectivity index (χ4n) is 3.51. The van der Waals surface area contributed by atoms with Crippen LogP contribution in [0.5, 0.6) is 0 Å². The van der Waals surface area contributed by atoms with E-state index in [9.17, 15) is 0 Å². The van der Waals surface area contributed by atoms with Gasteiger partial charge in [0.1, 0.15) is 0 Å². The van der Waals surface area contributed by atoms with Gasteiger partial charge in [-0.15, -0.1) is 0 Å². The summed E-state index contributed by atoms with van der Waals surface area (Å²) in [5, 5.41) is 12.5. The lowest BCUT2D eigenvalue weighted by Crippen LogP contribution is -2.50.